The van der Waals surface area contributed by atoms with Gasteiger partial charge in [0.05, 0.1) is 19.3 Å². The number of carbonyl (C=O) groups excluding carboxylic acids is 1. The van der Waals surface area contributed by atoms with Crippen molar-refractivity contribution in [2.75, 3.05) is 31.8 Å². The van der Waals surface area contributed by atoms with Crippen LogP contribution in [0, 0.1) is 11.3 Å². The molecule has 4 nitrogen and oxygen atoms in total. The molecule has 5 heteroatoms. The summed E-state index contributed by atoms with van der Waals surface area (Å²) in [7, 11) is 0. The van der Waals surface area contributed by atoms with Gasteiger partial charge >= 0.3 is 0 Å². The molecule has 1 aliphatic heterocycles. The Labute approximate surface area is 94.6 Å². The Balaban J connectivity index is 2.39. The summed E-state index contributed by atoms with van der Waals surface area (Å²) in [6.45, 7) is 1.45. The van der Waals surface area contributed by atoms with Crippen LogP contribution in [0.1, 0.15) is 12.8 Å². The van der Waals surface area contributed by atoms with E-state index in [4.69, 9.17) is 10.00 Å². The molecule has 1 amide bonds. The number of carbonyl (C=O) groups is 1. The molecule has 0 N–H and O–H groups in total. The van der Waals surface area contributed by atoms with Gasteiger partial charge in [-0.3, -0.25) is 4.79 Å². The lowest BCUT2D eigenvalue weighted by Crippen LogP contribution is -2.47. The lowest BCUT2D eigenvalue weighted by molar-refractivity contribution is -0.137. The van der Waals surface area contributed by atoms with E-state index < -0.39 is 0 Å². The summed E-state index contributed by atoms with van der Waals surface area (Å²) in [5.74, 6) is 1.08. The van der Waals surface area contributed by atoms with Crippen LogP contribution in [0.25, 0.3) is 0 Å². The Morgan fingerprint density at radius 2 is 2.53 bits per heavy atom. The van der Waals surface area contributed by atoms with Crippen molar-refractivity contribution in [3.8, 4) is 6.07 Å². The second-order valence-corrected chi connectivity index (χ2v) is 4.39. The topological polar surface area (TPSA) is 53.3 Å². The van der Waals surface area contributed by atoms with Gasteiger partial charge in [0.25, 0.3) is 0 Å². The van der Waals surface area contributed by atoms with Crippen LogP contribution in [0.5, 0.6) is 0 Å². The van der Waals surface area contributed by atoms with Crippen LogP contribution in [0.15, 0.2) is 0 Å². The first-order chi connectivity index (χ1) is 7.29. The monoisotopic (exact) mass is 228 g/mol. The first-order valence-electron chi connectivity index (χ1n) is 5.05. The second kappa shape index (κ2) is 6.70. The molecule has 0 aromatic carbocycles. The predicted molar refractivity (Wildman–Crippen MR) is 59.5 cm³/mol. The molecule has 1 aliphatic rings. The predicted octanol–water partition coefficient (Wildman–Crippen LogP) is 0.881. The van der Waals surface area contributed by atoms with E-state index in [0.29, 0.717) is 26.2 Å². The summed E-state index contributed by atoms with van der Waals surface area (Å²) < 4.78 is 5.16. The molecular weight excluding hydrogens is 212 g/mol. The molecule has 0 saturated carbocycles. The maximum atomic E-state index is 11.8. The van der Waals surface area contributed by atoms with Gasteiger partial charge in [-0.1, -0.05) is 0 Å². The number of ether oxygens (including phenoxy) is 1. The van der Waals surface area contributed by atoms with E-state index in [2.05, 4.69) is 6.07 Å². The summed E-state index contributed by atoms with van der Waals surface area (Å²) in [5, 5.41) is 8.85. The van der Waals surface area contributed by atoms with Gasteiger partial charge in [-0.05, 0) is 18.4 Å². The molecule has 0 radical (unpaired) electrons. The normalized spacial score (nSPS) is 21.1. The number of hydrogen-bond acceptors (Lipinski definition) is 4. The van der Waals surface area contributed by atoms with E-state index in [0.717, 1.165) is 12.2 Å². The molecule has 1 atom stereocenters. The molecule has 1 rings (SSSR count). The molecule has 1 heterocycles. The van der Waals surface area contributed by atoms with Crippen LogP contribution >= 0.6 is 11.8 Å². The van der Waals surface area contributed by atoms with Crippen LogP contribution in [-0.4, -0.2) is 48.6 Å². The lowest BCUT2D eigenvalue weighted by Gasteiger charge is -2.31. The van der Waals surface area contributed by atoms with E-state index in [1.165, 1.54) is 0 Å². The lowest BCUT2D eigenvalue weighted by atomic mass is 10.2. The Kier molecular flexibility index (Phi) is 5.51. The minimum absolute atomic E-state index is 0.0823. The van der Waals surface area contributed by atoms with Crippen molar-refractivity contribution in [3.63, 3.8) is 0 Å². The molecule has 0 aromatic rings. The highest BCUT2D eigenvalue weighted by molar-refractivity contribution is 7.98. The van der Waals surface area contributed by atoms with Gasteiger partial charge in [0.2, 0.25) is 5.91 Å². The van der Waals surface area contributed by atoms with Crippen molar-refractivity contribution in [3.05, 3.63) is 0 Å². The molecule has 0 spiro atoms. The Bertz CT molecular complexity index is 252. The van der Waals surface area contributed by atoms with Gasteiger partial charge in [-0.15, -0.1) is 0 Å². The number of hydrogen-bond donors (Lipinski definition) is 0. The molecule has 0 aromatic heterocycles. The molecular formula is C10H16N2O2S. The largest absolute Gasteiger partial charge is 0.376 e. The van der Waals surface area contributed by atoms with Gasteiger partial charge in [0.1, 0.15) is 6.04 Å². The van der Waals surface area contributed by atoms with Crippen molar-refractivity contribution in [2.45, 2.75) is 18.9 Å². The second-order valence-electron chi connectivity index (χ2n) is 3.40. The minimum Gasteiger partial charge on any atom is -0.376 e. The number of morpholine rings is 1. The minimum atomic E-state index is -0.388. The van der Waals surface area contributed by atoms with Gasteiger partial charge in [-0.25, -0.2) is 0 Å². The standard InChI is InChI=1S/C10H16N2O2S/c1-15-6-2-3-10(13)12-4-5-14-8-9(12)7-11/h9H,2-6,8H2,1H3. The Morgan fingerprint density at radius 3 is 3.20 bits per heavy atom. The maximum absolute atomic E-state index is 11.8. The SMILES string of the molecule is CSCCCC(=O)N1CCOCC1C#N. The van der Waals surface area contributed by atoms with Crippen LogP contribution in [0.2, 0.25) is 0 Å². The number of amides is 1. The van der Waals surface area contributed by atoms with E-state index >= 15 is 0 Å². The highest BCUT2D eigenvalue weighted by Crippen LogP contribution is 2.10. The van der Waals surface area contributed by atoms with E-state index in [9.17, 15) is 4.79 Å². The third-order valence-corrected chi connectivity index (χ3v) is 3.03. The van der Waals surface area contributed by atoms with Gasteiger partial charge in [0, 0.05) is 13.0 Å². The Hall–Kier alpha value is -0.730. The van der Waals surface area contributed by atoms with Crippen molar-refractivity contribution in [1.29, 1.82) is 5.26 Å². The van der Waals surface area contributed by atoms with Gasteiger partial charge < -0.3 is 9.64 Å². The molecule has 15 heavy (non-hydrogen) atoms. The van der Waals surface area contributed by atoms with Crippen LogP contribution in [0.3, 0.4) is 0 Å². The first-order valence-corrected chi connectivity index (χ1v) is 6.44. The molecule has 1 fully saturated rings. The summed E-state index contributed by atoms with van der Waals surface area (Å²) in [4.78, 5) is 13.4. The number of nitriles is 1. The highest BCUT2D eigenvalue weighted by atomic mass is 32.2. The average molecular weight is 228 g/mol. The van der Waals surface area contributed by atoms with Gasteiger partial charge in [0.15, 0.2) is 0 Å². The fraction of sp³-hybridized carbons (Fsp3) is 0.800. The summed E-state index contributed by atoms with van der Waals surface area (Å²) in [5.41, 5.74) is 0. The molecule has 1 unspecified atom stereocenters. The van der Waals surface area contributed by atoms with Crippen molar-refractivity contribution < 1.29 is 9.53 Å². The van der Waals surface area contributed by atoms with Crippen molar-refractivity contribution >= 4 is 17.7 Å². The van der Waals surface area contributed by atoms with E-state index in [-0.39, 0.29) is 11.9 Å². The van der Waals surface area contributed by atoms with Gasteiger partial charge in [-0.2, -0.15) is 17.0 Å². The zero-order chi connectivity index (χ0) is 11.1. The summed E-state index contributed by atoms with van der Waals surface area (Å²) >= 11 is 1.74. The fourth-order valence-electron chi connectivity index (χ4n) is 1.52. The molecule has 0 bridgehead atoms. The van der Waals surface area contributed by atoms with Crippen LogP contribution in [-0.2, 0) is 9.53 Å². The fourth-order valence-corrected chi connectivity index (χ4v) is 1.95. The summed E-state index contributed by atoms with van der Waals surface area (Å²) in [6, 6.07) is 1.71. The third kappa shape index (κ3) is 3.73. The Morgan fingerprint density at radius 1 is 1.73 bits per heavy atom. The first kappa shape index (κ1) is 12.3. The maximum Gasteiger partial charge on any atom is 0.223 e. The number of thioether (sulfide) groups is 1. The van der Waals surface area contributed by atoms with Crippen molar-refractivity contribution in [1.82, 2.24) is 4.90 Å². The van der Waals surface area contributed by atoms with Crippen LogP contribution < -0.4 is 0 Å². The van der Waals surface area contributed by atoms with Crippen LogP contribution in [0.4, 0.5) is 0 Å². The molecule has 84 valence electrons. The van der Waals surface area contributed by atoms with E-state index in [1.54, 1.807) is 16.7 Å². The zero-order valence-corrected chi connectivity index (χ0v) is 9.76. The average Bonchev–Trinajstić information content (AvgIpc) is 2.29. The smallest absolute Gasteiger partial charge is 0.223 e. The quantitative estimate of drug-likeness (QED) is 0.670. The number of nitrogens with zero attached hydrogens (tertiary/aromatic N) is 2. The highest BCUT2D eigenvalue weighted by Gasteiger charge is 2.26. The molecule has 0 aliphatic carbocycles. The number of rotatable bonds is 4. The third-order valence-electron chi connectivity index (χ3n) is 2.34. The molecule has 1 saturated heterocycles. The van der Waals surface area contributed by atoms with E-state index in [1.807, 2.05) is 6.26 Å². The summed E-state index contributed by atoms with van der Waals surface area (Å²) in [6.07, 6.45) is 3.45. The zero-order valence-electron chi connectivity index (χ0n) is 8.94. The van der Waals surface area contributed by atoms with Crippen molar-refractivity contribution in [2.24, 2.45) is 0 Å².